The first-order valence-electron chi connectivity index (χ1n) is 4.28. The molecule has 4 heteroatoms. The van der Waals surface area contributed by atoms with Crippen LogP contribution in [0.3, 0.4) is 0 Å². The summed E-state index contributed by atoms with van der Waals surface area (Å²) < 4.78 is 0. The Morgan fingerprint density at radius 1 is 1.69 bits per heavy atom. The summed E-state index contributed by atoms with van der Waals surface area (Å²) in [5.41, 5.74) is -0.287. The lowest BCUT2D eigenvalue weighted by Gasteiger charge is -2.12. The number of hydrogen-bond acceptors (Lipinski definition) is 2. The smallest absolute Gasteiger partial charge is 0.244 e. The Morgan fingerprint density at radius 3 is 2.77 bits per heavy atom. The van der Waals surface area contributed by atoms with E-state index in [1.165, 1.54) is 6.08 Å². The SMILES string of the molecule is C=CC(=O)NC(Cl)CCCN(C)C. The first-order chi connectivity index (χ1) is 6.06. The van der Waals surface area contributed by atoms with Gasteiger partial charge >= 0.3 is 0 Å². The molecular formula is C9H17ClN2O. The number of alkyl halides is 1. The highest BCUT2D eigenvalue weighted by atomic mass is 35.5. The molecule has 0 aromatic rings. The largest absolute Gasteiger partial charge is 0.336 e. The summed E-state index contributed by atoms with van der Waals surface area (Å²) in [7, 11) is 4.01. The molecule has 13 heavy (non-hydrogen) atoms. The van der Waals surface area contributed by atoms with Gasteiger partial charge in [0.1, 0.15) is 5.50 Å². The van der Waals surface area contributed by atoms with Crippen LogP contribution < -0.4 is 5.32 Å². The fourth-order valence-electron chi connectivity index (χ4n) is 0.872. The summed E-state index contributed by atoms with van der Waals surface area (Å²) in [6.07, 6.45) is 2.97. The Labute approximate surface area is 84.7 Å². The standard InChI is InChI=1S/C9H17ClN2O/c1-4-9(13)11-8(10)6-5-7-12(2)3/h4,8H,1,5-7H2,2-3H3,(H,11,13). The van der Waals surface area contributed by atoms with Crippen molar-refractivity contribution in [3.05, 3.63) is 12.7 Å². The lowest BCUT2D eigenvalue weighted by Crippen LogP contribution is -2.29. The van der Waals surface area contributed by atoms with Crippen molar-refractivity contribution in [1.82, 2.24) is 10.2 Å². The molecule has 1 unspecified atom stereocenters. The van der Waals surface area contributed by atoms with Gasteiger partial charge in [0, 0.05) is 0 Å². The van der Waals surface area contributed by atoms with Crippen LogP contribution in [-0.2, 0) is 4.79 Å². The zero-order chi connectivity index (χ0) is 10.3. The molecule has 76 valence electrons. The lowest BCUT2D eigenvalue weighted by atomic mass is 10.3. The molecule has 0 aromatic heterocycles. The number of amides is 1. The molecule has 0 radical (unpaired) electrons. The summed E-state index contributed by atoms with van der Waals surface area (Å²) in [6, 6.07) is 0. The fourth-order valence-corrected chi connectivity index (χ4v) is 1.13. The molecule has 0 aliphatic carbocycles. The molecule has 0 fully saturated rings. The fraction of sp³-hybridized carbons (Fsp3) is 0.667. The van der Waals surface area contributed by atoms with E-state index in [1.54, 1.807) is 0 Å². The van der Waals surface area contributed by atoms with E-state index in [9.17, 15) is 4.79 Å². The molecule has 0 aliphatic rings. The predicted octanol–water partition coefficient (Wildman–Crippen LogP) is 1.20. The average Bonchev–Trinajstić information content (AvgIpc) is 2.03. The Bertz CT molecular complexity index is 171. The maximum Gasteiger partial charge on any atom is 0.244 e. The average molecular weight is 205 g/mol. The van der Waals surface area contributed by atoms with E-state index in [0.717, 1.165) is 19.4 Å². The van der Waals surface area contributed by atoms with Crippen LogP contribution in [0.5, 0.6) is 0 Å². The number of carbonyl (C=O) groups is 1. The number of hydrogen-bond donors (Lipinski definition) is 1. The maximum absolute atomic E-state index is 10.8. The van der Waals surface area contributed by atoms with Crippen LogP contribution in [0.25, 0.3) is 0 Å². The van der Waals surface area contributed by atoms with Gasteiger partial charge in [0.15, 0.2) is 0 Å². The maximum atomic E-state index is 10.8. The first-order valence-corrected chi connectivity index (χ1v) is 4.71. The van der Waals surface area contributed by atoms with Gasteiger partial charge in [-0.3, -0.25) is 4.79 Å². The summed E-state index contributed by atoms with van der Waals surface area (Å²) in [6.45, 7) is 4.32. The minimum Gasteiger partial charge on any atom is -0.336 e. The monoisotopic (exact) mass is 204 g/mol. The van der Waals surface area contributed by atoms with Gasteiger partial charge in [-0.15, -0.1) is 0 Å². The molecule has 1 N–H and O–H groups in total. The number of rotatable bonds is 6. The minimum atomic E-state index is -0.287. The van der Waals surface area contributed by atoms with Gasteiger partial charge in [-0.1, -0.05) is 18.2 Å². The van der Waals surface area contributed by atoms with Crippen molar-refractivity contribution in [2.45, 2.75) is 18.3 Å². The highest BCUT2D eigenvalue weighted by Gasteiger charge is 2.05. The summed E-state index contributed by atoms with van der Waals surface area (Å²) in [5, 5.41) is 2.59. The molecule has 3 nitrogen and oxygen atoms in total. The summed E-state index contributed by atoms with van der Waals surface area (Å²) >= 11 is 5.84. The van der Waals surface area contributed by atoms with Gasteiger partial charge in [0.05, 0.1) is 0 Å². The Hall–Kier alpha value is -0.540. The zero-order valence-corrected chi connectivity index (χ0v) is 8.97. The predicted molar refractivity (Wildman–Crippen MR) is 55.8 cm³/mol. The van der Waals surface area contributed by atoms with Crippen molar-refractivity contribution in [2.24, 2.45) is 0 Å². The first kappa shape index (κ1) is 12.5. The van der Waals surface area contributed by atoms with E-state index in [-0.39, 0.29) is 11.4 Å². The van der Waals surface area contributed by atoms with Crippen molar-refractivity contribution in [3.8, 4) is 0 Å². The number of nitrogens with zero attached hydrogens (tertiary/aromatic N) is 1. The summed E-state index contributed by atoms with van der Waals surface area (Å²) in [5.74, 6) is -0.218. The van der Waals surface area contributed by atoms with Crippen LogP contribution >= 0.6 is 11.6 Å². The second-order valence-corrected chi connectivity index (χ2v) is 3.65. The van der Waals surface area contributed by atoms with Gasteiger partial charge in [0.25, 0.3) is 0 Å². The van der Waals surface area contributed by atoms with Crippen molar-refractivity contribution < 1.29 is 4.79 Å². The lowest BCUT2D eigenvalue weighted by molar-refractivity contribution is -0.116. The number of halogens is 1. The van der Waals surface area contributed by atoms with Gasteiger partial charge in [-0.25, -0.2) is 0 Å². The van der Waals surface area contributed by atoms with Crippen molar-refractivity contribution in [1.29, 1.82) is 0 Å². The topological polar surface area (TPSA) is 32.3 Å². The van der Waals surface area contributed by atoms with E-state index in [2.05, 4.69) is 16.8 Å². The summed E-state index contributed by atoms with van der Waals surface area (Å²) in [4.78, 5) is 12.9. The Morgan fingerprint density at radius 2 is 2.31 bits per heavy atom. The van der Waals surface area contributed by atoms with Gasteiger partial charge in [-0.05, 0) is 39.6 Å². The van der Waals surface area contributed by atoms with Crippen LogP contribution in [0.15, 0.2) is 12.7 Å². The van der Waals surface area contributed by atoms with Crippen LogP contribution in [0.1, 0.15) is 12.8 Å². The van der Waals surface area contributed by atoms with E-state index in [4.69, 9.17) is 11.6 Å². The van der Waals surface area contributed by atoms with Crippen molar-refractivity contribution >= 4 is 17.5 Å². The Balaban J connectivity index is 3.45. The van der Waals surface area contributed by atoms with E-state index in [0.29, 0.717) is 0 Å². The van der Waals surface area contributed by atoms with E-state index in [1.807, 2.05) is 14.1 Å². The van der Waals surface area contributed by atoms with Crippen molar-refractivity contribution in [3.63, 3.8) is 0 Å². The van der Waals surface area contributed by atoms with Crippen LogP contribution in [-0.4, -0.2) is 36.9 Å². The highest BCUT2D eigenvalue weighted by molar-refractivity contribution is 6.21. The molecule has 1 atom stereocenters. The van der Waals surface area contributed by atoms with E-state index < -0.39 is 0 Å². The third-order valence-electron chi connectivity index (χ3n) is 1.55. The van der Waals surface area contributed by atoms with Gasteiger partial charge in [-0.2, -0.15) is 0 Å². The van der Waals surface area contributed by atoms with Crippen LogP contribution in [0.2, 0.25) is 0 Å². The van der Waals surface area contributed by atoms with Gasteiger partial charge in [0.2, 0.25) is 5.91 Å². The number of nitrogens with one attached hydrogen (secondary N) is 1. The third kappa shape index (κ3) is 7.81. The van der Waals surface area contributed by atoms with Crippen LogP contribution in [0.4, 0.5) is 0 Å². The third-order valence-corrected chi connectivity index (χ3v) is 1.87. The molecule has 0 saturated heterocycles. The molecule has 0 aromatic carbocycles. The molecule has 1 amide bonds. The second kappa shape index (κ2) is 6.92. The van der Waals surface area contributed by atoms with Crippen molar-refractivity contribution in [2.75, 3.05) is 20.6 Å². The van der Waals surface area contributed by atoms with Gasteiger partial charge < -0.3 is 10.2 Å². The number of carbonyl (C=O) groups excluding carboxylic acids is 1. The molecule has 0 rings (SSSR count). The molecule has 0 heterocycles. The zero-order valence-electron chi connectivity index (χ0n) is 8.22. The molecule has 0 bridgehead atoms. The second-order valence-electron chi connectivity index (χ2n) is 3.13. The van der Waals surface area contributed by atoms with E-state index >= 15 is 0 Å². The molecule has 0 aliphatic heterocycles. The normalized spacial score (nSPS) is 12.6. The Kier molecular flexibility index (Phi) is 6.63. The molecular weight excluding hydrogens is 188 g/mol. The quantitative estimate of drug-likeness (QED) is 0.401. The molecule has 0 saturated carbocycles. The molecule has 0 spiro atoms. The highest BCUT2D eigenvalue weighted by Crippen LogP contribution is 2.02. The minimum absolute atomic E-state index is 0.218. The van der Waals surface area contributed by atoms with Crippen LogP contribution in [0, 0.1) is 0 Å².